The van der Waals surface area contributed by atoms with E-state index >= 15 is 0 Å². The second-order valence-corrected chi connectivity index (χ2v) is 8.79. The molecule has 0 atom stereocenters. The van der Waals surface area contributed by atoms with Crippen LogP contribution in [0.4, 0.5) is 0 Å². The average molecular weight is 646 g/mol. The van der Waals surface area contributed by atoms with Gasteiger partial charge in [-0.15, -0.1) is 0 Å². The van der Waals surface area contributed by atoms with Crippen molar-refractivity contribution in [2.75, 3.05) is 38.9 Å². The smallest absolute Gasteiger partial charge is 1.00 e. The molecule has 0 N–H and O–H groups in total. The van der Waals surface area contributed by atoms with Gasteiger partial charge in [-0.3, -0.25) is 14.7 Å². The van der Waals surface area contributed by atoms with Crippen molar-refractivity contribution in [2.45, 2.75) is 26.7 Å². The summed E-state index contributed by atoms with van der Waals surface area (Å²) < 4.78 is 0. The average Bonchev–Trinajstić information content (AvgIpc) is 2.38. The first-order chi connectivity index (χ1) is 9.60. The molecular weight excluding hydrogens is 620 g/mol. The summed E-state index contributed by atoms with van der Waals surface area (Å²) in [5.41, 5.74) is 2.76. The molecule has 4 bridgehead atoms. The maximum Gasteiger partial charge on any atom is 2.00 e. The van der Waals surface area contributed by atoms with E-state index in [1.165, 1.54) is 50.0 Å². The number of hydrogen-bond donors (Lipinski definition) is 0. The minimum absolute atomic E-state index is 0. The maximum absolute atomic E-state index is 2.57. The molecule has 4 saturated heterocycles. The number of nitrogens with zero attached hydrogens (tertiary/aromatic N) is 3. The van der Waals surface area contributed by atoms with Gasteiger partial charge >= 0.3 is 19.5 Å². The number of rotatable bonds is 1. The molecular formula is C16H26I2N3PRu. The van der Waals surface area contributed by atoms with Gasteiger partial charge in [-0.25, -0.2) is 0 Å². The Hall–Kier alpha value is 1.61. The molecule has 0 radical (unpaired) electrons. The molecule has 0 amide bonds. The zero-order chi connectivity index (χ0) is 14.1. The quantitative estimate of drug-likeness (QED) is 0.187. The van der Waals surface area contributed by atoms with Gasteiger partial charge in [-0.2, -0.15) is 0 Å². The van der Waals surface area contributed by atoms with Gasteiger partial charge < -0.3 is 48.0 Å². The van der Waals surface area contributed by atoms with Crippen LogP contribution in [0.5, 0.6) is 0 Å². The van der Waals surface area contributed by atoms with Gasteiger partial charge in [0.2, 0.25) is 0 Å². The normalized spacial score (nSPS) is 29.6. The van der Waals surface area contributed by atoms with Crippen molar-refractivity contribution < 1.29 is 67.4 Å². The van der Waals surface area contributed by atoms with Crippen molar-refractivity contribution in [2.24, 2.45) is 0 Å². The monoisotopic (exact) mass is 647 g/mol. The molecule has 4 heterocycles. The summed E-state index contributed by atoms with van der Waals surface area (Å²) in [5.74, 6) is 0.653. The van der Waals surface area contributed by atoms with Crippen molar-refractivity contribution in [3.05, 3.63) is 35.4 Å². The van der Waals surface area contributed by atoms with Crippen molar-refractivity contribution in [3.8, 4) is 0 Å². The van der Waals surface area contributed by atoms with Gasteiger partial charge in [0.25, 0.3) is 0 Å². The zero-order valence-electron chi connectivity index (χ0n) is 14.0. The predicted molar refractivity (Wildman–Crippen MR) is 86.9 cm³/mol. The van der Waals surface area contributed by atoms with E-state index < -0.39 is 0 Å². The first kappa shape index (κ1) is 24.6. The second kappa shape index (κ2) is 11.4. The van der Waals surface area contributed by atoms with E-state index in [1.54, 1.807) is 0 Å². The Kier molecular flexibility index (Phi) is 12.1. The fourth-order valence-electron chi connectivity index (χ4n) is 3.19. The topological polar surface area (TPSA) is 9.72 Å². The molecule has 0 aliphatic carbocycles. The van der Waals surface area contributed by atoms with Crippen LogP contribution in [0.25, 0.3) is 0 Å². The van der Waals surface area contributed by atoms with Crippen LogP contribution >= 0.6 is 7.92 Å². The van der Waals surface area contributed by atoms with E-state index in [0.717, 1.165) is 0 Å². The number of halogens is 2. The van der Waals surface area contributed by atoms with Crippen LogP contribution in [0.15, 0.2) is 24.3 Å². The zero-order valence-corrected chi connectivity index (χ0v) is 21.0. The van der Waals surface area contributed by atoms with Crippen LogP contribution in [0.1, 0.15) is 30.9 Å². The molecule has 132 valence electrons. The molecule has 0 unspecified atom stereocenters. The van der Waals surface area contributed by atoms with E-state index in [-0.39, 0.29) is 67.4 Å². The Morgan fingerprint density at radius 3 is 1.52 bits per heavy atom. The molecule has 0 spiro atoms. The van der Waals surface area contributed by atoms with Crippen LogP contribution in [-0.4, -0.2) is 53.6 Å². The maximum atomic E-state index is 2.57. The summed E-state index contributed by atoms with van der Waals surface area (Å²) in [7, 11) is 0.366. The molecule has 5 rings (SSSR count). The molecule has 7 heteroatoms. The summed E-state index contributed by atoms with van der Waals surface area (Å²) >= 11 is 0. The second-order valence-electron chi connectivity index (χ2n) is 6.60. The van der Waals surface area contributed by atoms with Crippen LogP contribution in [0.2, 0.25) is 0 Å². The Bertz CT molecular complexity index is 403. The fraction of sp³-hybridized carbons (Fsp3) is 0.625. The number of hydrogen-bond acceptors (Lipinski definition) is 3. The van der Waals surface area contributed by atoms with Gasteiger partial charge in [0.1, 0.15) is 0 Å². The van der Waals surface area contributed by atoms with Crippen molar-refractivity contribution in [3.63, 3.8) is 0 Å². The molecule has 1 aromatic rings. The molecule has 3 nitrogen and oxygen atoms in total. The van der Waals surface area contributed by atoms with E-state index in [9.17, 15) is 0 Å². The van der Waals surface area contributed by atoms with E-state index in [4.69, 9.17) is 0 Å². The van der Waals surface area contributed by atoms with Crippen molar-refractivity contribution in [1.82, 2.24) is 14.7 Å². The Balaban J connectivity index is 0.000000372. The first-order valence-electron chi connectivity index (χ1n) is 7.56. The van der Waals surface area contributed by atoms with Gasteiger partial charge in [0, 0.05) is 18.9 Å². The van der Waals surface area contributed by atoms with Gasteiger partial charge in [-0.1, -0.05) is 51.6 Å². The van der Waals surface area contributed by atoms with Gasteiger partial charge in [0.05, 0.1) is 20.0 Å². The molecule has 4 fully saturated rings. The van der Waals surface area contributed by atoms with Gasteiger partial charge in [-0.05, 0) is 18.4 Å². The predicted octanol–water partition coefficient (Wildman–Crippen LogP) is -2.72. The Labute approximate surface area is 189 Å². The van der Waals surface area contributed by atoms with Crippen molar-refractivity contribution >= 4 is 7.92 Å². The minimum atomic E-state index is 0. The number of benzene rings is 1. The van der Waals surface area contributed by atoms with E-state index in [2.05, 4.69) is 59.7 Å². The molecule has 0 saturated carbocycles. The van der Waals surface area contributed by atoms with Crippen LogP contribution in [-0.2, 0) is 19.5 Å². The summed E-state index contributed by atoms with van der Waals surface area (Å²) in [6.45, 7) is 10.3. The third-order valence-electron chi connectivity index (χ3n) is 4.14. The van der Waals surface area contributed by atoms with E-state index in [0.29, 0.717) is 13.8 Å². The van der Waals surface area contributed by atoms with E-state index in [1.807, 2.05) is 0 Å². The van der Waals surface area contributed by atoms with Crippen molar-refractivity contribution in [1.29, 1.82) is 0 Å². The minimum Gasteiger partial charge on any atom is -1.00 e. The molecule has 23 heavy (non-hydrogen) atoms. The molecule has 4 aliphatic rings. The fourth-order valence-corrected chi connectivity index (χ4v) is 5.69. The first-order valence-corrected chi connectivity index (χ1v) is 9.46. The summed E-state index contributed by atoms with van der Waals surface area (Å²) in [6.07, 6.45) is 4.26. The molecule has 4 aliphatic heterocycles. The molecule has 1 aromatic carbocycles. The molecule has 0 aromatic heterocycles. The third kappa shape index (κ3) is 7.03. The standard InChI is InChI=1S/C10H14.C6H12N3P.2HI.Ru/c1-8(2)10-6-4-9(3)5-7-10;1-7-2-9-3-8(1)5-10(4-7)6-9;;;/h4-8H,1-3H3;1-6H2;2*1H;/q;;;;+2/p-2. The summed E-state index contributed by atoms with van der Waals surface area (Å²) in [4.78, 5) is 7.71. The van der Waals surface area contributed by atoms with Crippen LogP contribution in [0, 0.1) is 6.92 Å². The van der Waals surface area contributed by atoms with Crippen LogP contribution in [0.3, 0.4) is 0 Å². The number of aryl methyl sites for hydroxylation is 1. The SMILES string of the molecule is C1N2CN3CN1CP(C2)C3.Cc1ccc(C(C)C)cc1.[I-].[I-].[Ru+2]. The Morgan fingerprint density at radius 2 is 1.22 bits per heavy atom. The third-order valence-corrected chi connectivity index (χ3v) is 6.54. The Morgan fingerprint density at radius 1 is 0.826 bits per heavy atom. The summed E-state index contributed by atoms with van der Waals surface area (Å²) in [5, 5.41) is 0. The van der Waals surface area contributed by atoms with Crippen LogP contribution < -0.4 is 48.0 Å². The largest absolute Gasteiger partial charge is 2.00 e. The summed E-state index contributed by atoms with van der Waals surface area (Å²) in [6, 6.07) is 8.71. The van der Waals surface area contributed by atoms with Gasteiger partial charge in [0.15, 0.2) is 0 Å².